The van der Waals surface area contributed by atoms with E-state index in [0.717, 1.165) is 17.6 Å². The van der Waals surface area contributed by atoms with Crippen molar-refractivity contribution in [3.8, 4) is 0 Å². The molecule has 2 rings (SSSR count). The molecule has 2 unspecified atom stereocenters. The number of methoxy groups -OCH3 is 1. The number of hydrogen-bond acceptors (Lipinski definition) is 3. The zero-order valence-electron chi connectivity index (χ0n) is 12.6. The van der Waals surface area contributed by atoms with E-state index in [1.165, 1.54) is 25.7 Å². The first kappa shape index (κ1) is 14.4. The second-order valence-corrected chi connectivity index (χ2v) is 5.86. The molecule has 1 fully saturated rings. The van der Waals surface area contributed by atoms with Gasteiger partial charge in [-0.2, -0.15) is 0 Å². The van der Waals surface area contributed by atoms with Crippen LogP contribution < -0.4 is 5.32 Å². The highest BCUT2D eigenvalue weighted by Crippen LogP contribution is 2.38. The van der Waals surface area contributed by atoms with E-state index >= 15 is 0 Å². The molecule has 1 N–H and O–H groups in total. The molecule has 1 aliphatic rings. The number of aryl methyl sites for hydroxylation is 1. The summed E-state index contributed by atoms with van der Waals surface area (Å²) in [7, 11) is 1.73. The zero-order chi connectivity index (χ0) is 13.8. The summed E-state index contributed by atoms with van der Waals surface area (Å²) < 4.78 is 7.52. The third-order valence-corrected chi connectivity index (χ3v) is 3.81. The highest BCUT2D eigenvalue weighted by atomic mass is 16.5. The zero-order valence-corrected chi connectivity index (χ0v) is 12.6. The van der Waals surface area contributed by atoms with Crippen molar-refractivity contribution in [3.63, 3.8) is 0 Å². The van der Waals surface area contributed by atoms with Gasteiger partial charge in [0.2, 0.25) is 5.95 Å². The Morgan fingerprint density at radius 2 is 2.26 bits per heavy atom. The quantitative estimate of drug-likeness (QED) is 0.783. The molecule has 1 saturated carbocycles. The molecule has 1 aromatic heterocycles. The van der Waals surface area contributed by atoms with Crippen LogP contribution in [0.5, 0.6) is 0 Å². The van der Waals surface area contributed by atoms with Gasteiger partial charge in [0.1, 0.15) is 0 Å². The number of hydrogen-bond donors (Lipinski definition) is 1. The van der Waals surface area contributed by atoms with E-state index in [-0.39, 0.29) is 6.04 Å². The lowest BCUT2D eigenvalue weighted by atomic mass is 10.1. The summed E-state index contributed by atoms with van der Waals surface area (Å²) in [4.78, 5) is 4.63. The molecule has 0 amide bonds. The van der Waals surface area contributed by atoms with Crippen LogP contribution in [0.25, 0.3) is 0 Å². The van der Waals surface area contributed by atoms with Gasteiger partial charge < -0.3 is 14.6 Å². The number of aromatic nitrogens is 2. The molecule has 1 aromatic rings. The van der Waals surface area contributed by atoms with Crippen molar-refractivity contribution in [3.05, 3.63) is 11.9 Å². The van der Waals surface area contributed by atoms with Crippen LogP contribution in [0.1, 0.15) is 51.3 Å². The fourth-order valence-corrected chi connectivity index (χ4v) is 2.63. The minimum atomic E-state index is 0.281. The highest BCUT2D eigenvalue weighted by molar-refractivity contribution is 5.31. The van der Waals surface area contributed by atoms with Gasteiger partial charge in [0.25, 0.3) is 0 Å². The predicted molar refractivity (Wildman–Crippen MR) is 78.6 cm³/mol. The Balaban J connectivity index is 2.08. The fourth-order valence-electron chi connectivity index (χ4n) is 2.63. The van der Waals surface area contributed by atoms with Crippen molar-refractivity contribution in [2.45, 2.75) is 58.5 Å². The minimum absolute atomic E-state index is 0.281. The Bertz CT molecular complexity index is 398. The SMILES string of the molecule is CCC(CC1CC1)n1cc(C)nc1NC(C)COC. The Morgan fingerprint density at radius 1 is 1.53 bits per heavy atom. The average molecular weight is 265 g/mol. The van der Waals surface area contributed by atoms with E-state index in [2.05, 4.69) is 41.8 Å². The number of imidazole rings is 1. The molecule has 0 bridgehead atoms. The summed E-state index contributed by atoms with van der Waals surface area (Å²) in [5, 5.41) is 3.47. The van der Waals surface area contributed by atoms with E-state index in [1.807, 2.05) is 0 Å². The van der Waals surface area contributed by atoms with Crippen LogP contribution in [0.3, 0.4) is 0 Å². The minimum Gasteiger partial charge on any atom is -0.383 e. The topological polar surface area (TPSA) is 39.1 Å². The van der Waals surface area contributed by atoms with Gasteiger partial charge in [-0.05, 0) is 32.6 Å². The maximum Gasteiger partial charge on any atom is 0.203 e. The molecule has 4 heteroatoms. The van der Waals surface area contributed by atoms with Crippen LogP contribution in [0.2, 0.25) is 0 Å². The number of anilines is 1. The fraction of sp³-hybridized carbons (Fsp3) is 0.800. The number of nitrogens with one attached hydrogen (secondary N) is 1. The molecule has 0 aromatic carbocycles. The largest absolute Gasteiger partial charge is 0.383 e. The number of rotatable bonds is 8. The second-order valence-electron chi connectivity index (χ2n) is 5.86. The van der Waals surface area contributed by atoms with Gasteiger partial charge in [0.15, 0.2) is 0 Å². The highest BCUT2D eigenvalue weighted by Gasteiger charge is 2.26. The lowest BCUT2D eigenvalue weighted by Crippen LogP contribution is -2.24. The molecule has 1 aliphatic carbocycles. The van der Waals surface area contributed by atoms with Crippen LogP contribution in [-0.4, -0.2) is 29.3 Å². The summed E-state index contributed by atoms with van der Waals surface area (Å²) in [5.74, 6) is 1.94. The van der Waals surface area contributed by atoms with Gasteiger partial charge in [0.05, 0.1) is 12.3 Å². The molecular formula is C15H27N3O. The first-order valence-corrected chi connectivity index (χ1v) is 7.45. The lowest BCUT2D eigenvalue weighted by Gasteiger charge is -2.21. The van der Waals surface area contributed by atoms with Gasteiger partial charge in [-0.15, -0.1) is 0 Å². The van der Waals surface area contributed by atoms with Gasteiger partial charge in [-0.3, -0.25) is 0 Å². The van der Waals surface area contributed by atoms with Crippen molar-refractivity contribution in [1.82, 2.24) is 9.55 Å². The Kier molecular flexibility index (Phi) is 4.86. The van der Waals surface area contributed by atoms with Gasteiger partial charge in [0, 0.05) is 25.4 Å². The number of nitrogens with zero attached hydrogens (tertiary/aromatic N) is 2. The monoisotopic (exact) mass is 265 g/mol. The standard InChI is InChI=1S/C15H27N3O/c1-5-14(8-13-6-7-13)18-9-11(2)16-15(18)17-12(3)10-19-4/h9,12-14H,5-8,10H2,1-4H3,(H,16,17). The summed E-state index contributed by atoms with van der Waals surface area (Å²) in [6, 6.07) is 0.856. The third kappa shape index (κ3) is 3.96. The van der Waals surface area contributed by atoms with Crippen LogP contribution in [0.15, 0.2) is 6.20 Å². The summed E-state index contributed by atoms with van der Waals surface area (Å²) in [5.41, 5.74) is 1.08. The first-order valence-electron chi connectivity index (χ1n) is 7.45. The molecular weight excluding hydrogens is 238 g/mol. The lowest BCUT2D eigenvalue weighted by molar-refractivity contribution is 0.190. The first-order chi connectivity index (χ1) is 9.13. The van der Waals surface area contributed by atoms with Crippen molar-refractivity contribution >= 4 is 5.95 Å². The van der Waals surface area contributed by atoms with E-state index in [4.69, 9.17) is 4.74 Å². The summed E-state index contributed by atoms with van der Waals surface area (Å²) >= 11 is 0. The molecule has 19 heavy (non-hydrogen) atoms. The maximum atomic E-state index is 5.18. The van der Waals surface area contributed by atoms with Crippen molar-refractivity contribution in [2.24, 2.45) is 5.92 Å². The third-order valence-electron chi connectivity index (χ3n) is 3.81. The van der Waals surface area contributed by atoms with Crippen LogP contribution >= 0.6 is 0 Å². The van der Waals surface area contributed by atoms with Gasteiger partial charge in [-0.1, -0.05) is 19.8 Å². The van der Waals surface area contributed by atoms with Gasteiger partial charge in [-0.25, -0.2) is 4.98 Å². The molecule has 0 aliphatic heterocycles. The Hall–Kier alpha value is -1.03. The molecule has 0 saturated heterocycles. The Labute approximate surface area is 116 Å². The molecule has 4 nitrogen and oxygen atoms in total. The molecule has 1 heterocycles. The van der Waals surface area contributed by atoms with Crippen molar-refractivity contribution < 1.29 is 4.74 Å². The van der Waals surface area contributed by atoms with Crippen LogP contribution in [0.4, 0.5) is 5.95 Å². The van der Waals surface area contributed by atoms with Gasteiger partial charge >= 0.3 is 0 Å². The molecule has 0 radical (unpaired) electrons. The summed E-state index contributed by atoms with van der Waals surface area (Å²) in [6.45, 7) is 7.16. The van der Waals surface area contributed by atoms with E-state index in [9.17, 15) is 0 Å². The molecule has 108 valence electrons. The maximum absolute atomic E-state index is 5.18. The van der Waals surface area contributed by atoms with E-state index in [0.29, 0.717) is 12.6 Å². The second kappa shape index (κ2) is 6.42. The van der Waals surface area contributed by atoms with Crippen LogP contribution in [0, 0.1) is 12.8 Å². The molecule has 2 atom stereocenters. The number of ether oxygens (including phenoxy) is 1. The molecule has 0 spiro atoms. The normalized spacial score (nSPS) is 18.3. The van der Waals surface area contributed by atoms with E-state index < -0.39 is 0 Å². The average Bonchev–Trinajstić information content (AvgIpc) is 3.11. The van der Waals surface area contributed by atoms with Crippen LogP contribution in [-0.2, 0) is 4.74 Å². The van der Waals surface area contributed by atoms with Crippen molar-refractivity contribution in [1.29, 1.82) is 0 Å². The Morgan fingerprint density at radius 3 is 2.84 bits per heavy atom. The van der Waals surface area contributed by atoms with Crippen molar-refractivity contribution in [2.75, 3.05) is 19.0 Å². The van der Waals surface area contributed by atoms with E-state index in [1.54, 1.807) is 7.11 Å². The smallest absolute Gasteiger partial charge is 0.203 e. The predicted octanol–water partition coefficient (Wildman–Crippen LogP) is 3.39. The summed E-state index contributed by atoms with van der Waals surface area (Å²) in [6.07, 6.45) is 7.46.